The van der Waals surface area contributed by atoms with E-state index in [2.05, 4.69) is 12.2 Å². The van der Waals surface area contributed by atoms with Gasteiger partial charge >= 0.3 is 0 Å². The fourth-order valence-electron chi connectivity index (χ4n) is 3.42. The van der Waals surface area contributed by atoms with Crippen molar-refractivity contribution in [1.29, 1.82) is 0 Å². The van der Waals surface area contributed by atoms with Gasteiger partial charge in [0.1, 0.15) is 0 Å². The second-order valence-electron chi connectivity index (χ2n) is 6.29. The minimum Gasteiger partial charge on any atom is -0.389 e. The van der Waals surface area contributed by atoms with Crippen molar-refractivity contribution < 1.29 is 14.6 Å². The summed E-state index contributed by atoms with van der Waals surface area (Å²) >= 11 is 0. The van der Waals surface area contributed by atoms with E-state index in [-0.39, 0.29) is 6.10 Å². The van der Waals surface area contributed by atoms with E-state index in [1.807, 2.05) is 0 Å². The minimum atomic E-state index is -0.407. The molecule has 4 unspecified atom stereocenters. The van der Waals surface area contributed by atoms with Crippen LogP contribution in [0.5, 0.6) is 0 Å². The van der Waals surface area contributed by atoms with Crippen molar-refractivity contribution in [3.8, 4) is 0 Å². The molecule has 0 spiro atoms. The summed E-state index contributed by atoms with van der Waals surface area (Å²) < 4.78 is 11.1. The van der Waals surface area contributed by atoms with Crippen LogP contribution in [0, 0.1) is 5.92 Å². The molecule has 0 amide bonds. The molecule has 0 aromatic rings. The van der Waals surface area contributed by atoms with Crippen molar-refractivity contribution in [2.45, 2.75) is 70.1 Å². The Kier molecular flexibility index (Phi) is 7.28. The van der Waals surface area contributed by atoms with Gasteiger partial charge in [0.05, 0.1) is 25.4 Å². The van der Waals surface area contributed by atoms with E-state index >= 15 is 0 Å². The van der Waals surface area contributed by atoms with Gasteiger partial charge in [0, 0.05) is 19.2 Å². The van der Waals surface area contributed by atoms with Crippen LogP contribution in [0.4, 0.5) is 0 Å². The van der Waals surface area contributed by atoms with Crippen LogP contribution in [0.1, 0.15) is 51.9 Å². The third kappa shape index (κ3) is 5.32. The zero-order chi connectivity index (χ0) is 14.2. The molecule has 2 rings (SSSR count). The van der Waals surface area contributed by atoms with Crippen LogP contribution < -0.4 is 5.32 Å². The molecule has 1 aliphatic heterocycles. The monoisotopic (exact) mass is 285 g/mol. The van der Waals surface area contributed by atoms with Gasteiger partial charge in [-0.2, -0.15) is 0 Å². The predicted molar refractivity (Wildman–Crippen MR) is 79.8 cm³/mol. The Morgan fingerprint density at radius 3 is 2.85 bits per heavy atom. The minimum absolute atomic E-state index is 0.248. The maximum absolute atomic E-state index is 9.98. The highest BCUT2D eigenvalue weighted by molar-refractivity contribution is 4.81. The Morgan fingerprint density at radius 1 is 1.25 bits per heavy atom. The zero-order valence-corrected chi connectivity index (χ0v) is 12.9. The van der Waals surface area contributed by atoms with Crippen LogP contribution in [0.3, 0.4) is 0 Å². The number of aliphatic hydroxyl groups is 1. The molecule has 0 aromatic carbocycles. The number of ether oxygens (including phenoxy) is 2. The molecular formula is C16H31NO3. The van der Waals surface area contributed by atoms with Gasteiger partial charge in [-0.15, -0.1) is 0 Å². The Hall–Kier alpha value is -0.160. The first-order valence-corrected chi connectivity index (χ1v) is 8.40. The molecule has 4 nitrogen and oxygen atoms in total. The Labute approximate surface area is 123 Å². The highest BCUT2D eigenvalue weighted by Gasteiger charge is 2.23. The third-order valence-electron chi connectivity index (χ3n) is 4.69. The van der Waals surface area contributed by atoms with Gasteiger partial charge in [-0.05, 0) is 31.6 Å². The molecule has 0 bridgehead atoms. The number of nitrogens with one attached hydrogen (secondary N) is 1. The summed E-state index contributed by atoms with van der Waals surface area (Å²) in [5, 5.41) is 13.5. The molecule has 4 atom stereocenters. The third-order valence-corrected chi connectivity index (χ3v) is 4.69. The molecular weight excluding hydrogens is 254 g/mol. The largest absolute Gasteiger partial charge is 0.389 e. The molecule has 1 saturated carbocycles. The van der Waals surface area contributed by atoms with Crippen molar-refractivity contribution in [2.24, 2.45) is 5.92 Å². The molecule has 4 heteroatoms. The first-order valence-electron chi connectivity index (χ1n) is 8.40. The van der Waals surface area contributed by atoms with Gasteiger partial charge in [-0.1, -0.05) is 26.2 Å². The predicted octanol–water partition coefficient (Wildman–Crippen LogP) is 2.10. The van der Waals surface area contributed by atoms with Crippen LogP contribution in [0.25, 0.3) is 0 Å². The lowest BCUT2D eigenvalue weighted by Crippen LogP contribution is -2.43. The average Bonchev–Trinajstić information content (AvgIpc) is 2.98. The first kappa shape index (κ1) is 16.2. The molecule has 20 heavy (non-hydrogen) atoms. The molecule has 1 saturated heterocycles. The van der Waals surface area contributed by atoms with Crippen molar-refractivity contribution in [1.82, 2.24) is 5.32 Å². The summed E-state index contributed by atoms with van der Waals surface area (Å²) in [6, 6.07) is 0.585. The second-order valence-corrected chi connectivity index (χ2v) is 6.29. The fourth-order valence-corrected chi connectivity index (χ4v) is 3.42. The van der Waals surface area contributed by atoms with Crippen LogP contribution >= 0.6 is 0 Å². The Bertz CT molecular complexity index is 256. The van der Waals surface area contributed by atoms with E-state index in [0.29, 0.717) is 25.8 Å². The fraction of sp³-hybridized carbons (Fsp3) is 1.00. The lowest BCUT2D eigenvalue weighted by Gasteiger charge is -2.32. The highest BCUT2D eigenvalue weighted by Crippen LogP contribution is 2.26. The molecule has 1 heterocycles. The maximum Gasteiger partial charge on any atom is 0.0897 e. The molecule has 118 valence electrons. The van der Waals surface area contributed by atoms with Crippen molar-refractivity contribution >= 4 is 0 Å². The number of rotatable bonds is 8. The summed E-state index contributed by atoms with van der Waals surface area (Å²) in [4.78, 5) is 0. The number of aliphatic hydroxyl groups excluding tert-OH is 1. The maximum atomic E-state index is 9.98. The van der Waals surface area contributed by atoms with Gasteiger partial charge in [-0.25, -0.2) is 0 Å². The quantitative estimate of drug-likeness (QED) is 0.717. The van der Waals surface area contributed by atoms with Crippen molar-refractivity contribution in [3.63, 3.8) is 0 Å². The molecule has 2 aliphatic rings. The highest BCUT2D eigenvalue weighted by atomic mass is 16.5. The SMILES string of the molecule is CCC1CCCCC1NCC(O)COCC1CCCO1. The Morgan fingerprint density at radius 2 is 2.10 bits per heavy atom. The zero-order valence-electron chi connectivity index (χ0n) is 12.9. The molecule has 0 radical (unpaired) electrons. The van der Waals surface area contributed by atoms with E-state index in [0.717, 1.165) is 25.4 Å². The van der Waals surface area contributed by atoms with Gasteiger partial charge < -0.3 is 19.9 Å². The topological polar surface area (TPSA) is 50.7 Å². The molecule has 2 fully saturated rings. The normalized spacial score (nSPS) is 32.4. The van der Waals surface area contributed by atoms with E-state index in [4.69, 9.17) is 9.47 Å². The second kappa shape index (κ2) is 8.98. The summed E-state index contributed by atoms with van der Waals surface area (Å²) in [6.07, 6.45) is 8.58. The average molecular weight is 285 g/mol. The van der Waals surface area contributed by atoms with Crippen molar-refractivity contribution in [2.75, 3.05) is 26.4 Å². The van der Waals surface area contributed by atoms with E-state index in [9.17, 15) is 5.11 Å². The summed E-state index contributed by atoms with van der Waals surface area (Å²) in [7, 11) is 0. The number of hydrogen-bond acceptors (Lipinski definition) is 4. The number of hydrogen-bond donors (Lipinski definition) is 2. The molecule has 1 aliphatic carbocycles. The Balaban J connectivity index is 1.55. The lowest BCUT2D eigenvalue weighted by molar-refractivity contribution is -0.0176. The summed E-state index contributed by atoms with van der Waals surface area (Å²) in [5.41, 5.74) is 0. The first-order chi connectivity index (χ1) is 9.79. The van der Waals surface area contributed by atoms with Gasteiger partial charge in [0.15, 0.2) is 0 Å². The van der Waals surface area contributed by atoms with Crippen LogP contribution in [0.2, 0.25) is 0 Å². The molecule has 2 N–H and O–H groups in total. The van der Waals surface area contributed by atoms with E-state index in [1.165, 1.54) is 32.1 Å². The molecule has 0 aromatic heterocycles. The summed E-state index contributed by atoms with van der Waals surface area (Å²) in [5.74, 6) is 0.781. The lowest BCUT2D eigenvalue weighted by atomic mass is 9.83. The van der Waals surface area contributed by atoms with Crippen LogP contribution in [-0.4, -0.2) is 49.7 Å². The smallest absolute Gasteiger partial charge is 0.0897 e. The van der Waals surface area contributed by atoms with Crippen molar-refractivity contribution in [3.05, 3.63) is 0 Å². The van der Waals surface area contributed by atoms with Gasteiger partial charge in [-0.3, -0.25) is 0 Å². The van der Waals surface area contributed by atoms with E-state index in [1.54, 1.807) is 0 Å². The van der Waals surface area contributed by atoms with Crippen LogP contribution in [0.15, 0.2) is 0 Å². The summed E-state index contributed by atoms with van der Waals surface area (Å²) in [6.45, 7) is 4.81. The van der Waals surface area contributed by atoms with Crippen LogP contribution in [-0.2, 0) is 9.47 Å². The van der Waals surface area contributed by atoms with Gasteiger partial charge in [0.2, 0.25) is 0 Å². The van der Waals surface area contributed by atoms with E-state index < -0.39 is 6.10 Å². The standard InChI is InChI=1S/C16H31NO3/c1-2-13-6-3-4-8-16(13)17-10-14(18)11-19-12-15-7-5-9-20-15/h13-18H,2-12H2,1H3. The van der Waals surface area contributed by atoms with Gasteiger partial charge in [0.25, 0.3) is 0 Å².